The van der Waals surface area contributed by atoms with Gasteiger partial charge in [0, 0.05) is 0 Å². The third-order valence-corrected chi connectivity index (χ3v) is 6.74. The summed E-state index contributed by atoms with van der Waals surface area (Å²) in [6.45, 7) is 11.1. The summed E-state index contributed by atoms with van der Waals surface area (Å²) in [5.74, 6) is 0. The first kappa shape index (κ1) is 24.8. The standard InChI is InChI=1S/C33H40/c1-6-9-10-11-24-33(22-7-2,23-8-3)32-25-30(28-16-12-26(4)13-17-28)20-21-31(32)29-18-14-27(5)15-19-29/h6,9-21,25H,7-8,22-24H2,1-5H3/b9-6-,11-10-. The summed E-state index contributed by atoms with van der Waals surface area (Å²) in [7, 11) is 0. The second-order valence-electron chi connectivity index (χ2n) is 9.43. The van der Waals surface area contributed by atoms with Crippen LogP contribution in [-0.2, 0) is 5.41 Å². The van der Waals surface area contributed by atoms with Gasteiger partial charge >= 0.3 is 0 Å². The fourth-order valence-electron chi connectivity index (χ4n) is 5.04. The Morgan fingerprint density at radius 3 is 1.76 bits per heavy atom. The van der Waals surface area contributed by atoms with Crippen LogP contribution >= 0.6 is 0 Å². The molecule has 0 aliphatic heterocycles. The first-order valence-electron chi connectivity index (χ1n) is 12.6. The van der Waals surface area contributed by atoms with Crippen LogP contribution in [0.15, 0.2) is 91.0 Å². The summed E-state index contributed by atoms with van der Waals surface area (Å²) < 4.78 is 0. The Kier molecular flexibility index (Phi) is 8.89. The van der Waals surface area contributed by atoms with Gasteiger partial charge in [0.25, 0.3) is 0 Å². The van der Waals surface area contributed by atoms with E-state index in [0.29, 0.717) is 0 Å². The summed E-state index contributed by atoms with van der Waals surface area (Å²) >= 11 is 0. The number of hydrogen-bond acceptors (Lipinski definition) is 0. The third-order valence-electron chi connectivity index (χ3n) is 6.74. The first-order chi connectivity index (χ1) is 16.0. The van der Waals surface area contributed by atoms with Crippen molar-refractivity contribution in [2.45, 2.75) is 72.1 Å². The van der Waals surface area contributed by atoms with E-state index in [0.717, 1.165) is 6.42 Å². The molecule has 0 spiro atoms. The maximum absolute atomic E-state index is 2.49. The van der Waals surface area contributed by atoms with Gasteiger partial charge in [0.1, 0.15) is 0 Å². The van der Waals surface area contributed by atoms with E-state index in [1.165, 1.54) is 64.6 Å². The molecular formula is C33H40. The molecule has 3 aromatic carbocycles. The number of allylic oxidation sites excluding steroid dienone is 4. The van der Waals surface area contributed by atoms with E-state index in [1.807, 2.05) is 0 Å². The van der Waals surface area contributed by atoms with Crippen molar-refractivity contribution in [1.29, 1.82) is 0 Å². The molecule has 0 unspecified atom stereocenters. The average Bonchev–Trinajstić information content (AvgIpc) is 2.83. The molecule has 0 fully saturated rings. The number of benzene rings is 3. The molecule has 33 heavy (non-hydrogen) atoms. The Bertz CT molecular complexity index is 1060. The summed E-state index contributed by atoms with van der Waals surface area (Å²) in [5, 5.41) is 0. The minimum absolute atomic E-state index is 0.127. The topological polar surface area (TPSA) is 0 Å². The van der Waals surface area contributed by atoms with Crippen molar-refractivity contribution in [3.8, 4) is 22.3 Å². The van der Waals surface area contributed by atoms with Gasteiger partial charge in [-0.1, -0.05) is 123 Å². The zero-order valence-corrected chi connectivity index (χ0v) is 21.2. The second kappa shape index (κ2) is 11.8. The fraction of sp³-hybridized carbons (Fsp3) is 0.333. The molecule has 0 heterocycles. The summed E-state index contributed by atoms with van der Waals surface area (Å²) in [6, 6.07) is 25.2. The van der Waals surface area contributed by atoms with Gasteiger partial charge < -0.3 is 0 Å². The molecule has 3 aromatic rings. The lowest BCUT2D eigenvalue weighted by molar-refractivity contribution is 0.360. The Balaban J connectivity index is 2.23. The summed E-state index contributed by atoms with van der Waals surface area (Å²) in [5.41, 5.74) is 9.54. The van der Waals surface area contributed by atoms with Gasteiger partial charge in [-0.25, -0.2) is 0 Å². The molecule has 0 saturated carbocycles. The SMILES string of the molecule is C/C=C\C=C/CC(CCC)(CCC)c1cc(-c2ccc(C)cc2)ccc1-c1ccc(C)cc1. The third kappa shape index (κ3) is 6.14. The Morgan fingerprint density at radius 1 is 0.667 bits per heavy atom. The molecular weight excluding hydrogens is 396 g/mol. The first-order valence-corrected chi connectivity index (χ1v) is 12.6. The maximum Gasteiger partial charge on any atom is -0.000627 e. The number of rotatable bonds is 10. The van der Waals surface area contributed by atoms with Crippen molar-refractivity contribution in [2.75, 3.05) is 0 Å². The lowest BCUT2D eigenvalue weighted by atomic mass is 9.68. The molecule has 0 atom stereocenters. The molecule has 0 aromatic heterocycles. The van der Waals surface area contributed by atoms with Gasteiger partial charge in [-0.3, -0.25) is 0 Å². The monoisotopic (exact) mass is 436 g/mol. The Hall–Kier alpha value is -2.86. The Labute approximate surface area is 202 Å². The highest BCUT2D eigenvalue weighted by atomic mass is 14.4. The number of hydrogen-bond donors (Lipinski definition) is 0. The van der Waals surface area contributed by atoms with Crippen LogP contribution in [0.5, 0.6) is 0 Å². The van der Waals surface area contributed by atoms with E-state index in [4.69, 9.17) is 0 Å². The van der Waals surface area contributed by atoms with Gasteiger partial charge in [-0.05, 0) is 79.3 Å². The molecule has 0 amide bonds. The molecule has 172 valence electrons. The molecule has 0 nitrogen and oxygen atoms in total. The van der Waals surface area contributed by atoms with Crippen LogP contribution in [0.1, 0.15) is 69.6 Å². The lowest BCUT2D eigenvalue weighted by Gasteiger charge is -2.36. The van der Waals surface area contributed by atoms with Gasteiger partial charge in [-0.2, -0.15) is 0 Å². The molecule has 0 saturated heterocycles. The van der Waals surface area contributed by atoms with Crippen molar-refractivity contribution in [3.05, 3.63) is 108 Å². The van der Waals surface area contributed by atoms with Crippen molar-refractivity contribution < 1.29 is 0 Å². The molecule has 0 heteroatoms. The van der Waals surface area contributed by atoms with Crippen LogP contribution in [0, 0.1) is 13.8 Å². The van der Waals surface area contributed by atoms with Crippen molar-refractivity contribution >= 4 is 0 Å². The molecule has 0 aliphatic carbocycles. The summed E-state index contributed by atoms with van der Waals surface area (Å²) in [6.07, 6.45) is 14.7. The fourth-order valence-corrected chi connectivity index (χ4v) is 5.04. The van der Waals surface area contributed by atoms with Crippen LogP contribution in [0.25, 0.3) is 22.3 Å². The predicted molar refractivity (Wildman–Crippen MR) is 147 cm³/mol. The van der Waals surface area contributed by atoms with Crippen LogP contribution in [0.2, 0.25) is 0 Å². The van der Waals surface area contributed by atoms with Crippen molar-refractivity contribution in [2.24, 2.45) is 0 Å². The van der Waals surface area contributed by atoms with E-state index >= 15 is 0 Å². The van der Waals surface area contributed by atoms with Crippen molar-refractivity contribution in [3.63, 3.8) is 0 Å². The zero-order chi connectivity index (χ0) is 23.7. The molecule has 0 radical (unpaired) electrons. The summed E-state index contributed by atoms with van der Waals surface area (Å²) in [4.78, 5) is 0. The minimum Gasteiger partial charge on any atom is -0.0877 e. The van der Waals surface area contributed by atoms with Crippen LogP contribution in [0.4, 0.5) is 0 Å². The van der Waals surface area contributed by atoms with E-state index in [-0.39, 0.29) is 5.41 Å². The molecule has 0 bridgehead atoms. The van der Waals surface area contributed by atoms with Gasteiger partial charge in [0.2, 0.25) is 0 Å². The predicted octanol–water partition coefficient (Wildman–Crippen LogP) is 10.00. The average molecular weight is 437 g/mol. The molecule has 3 rings (SSSR count). The van der Waals surface area contributed by atoms with Crippen LogP contribution < -0.4 is 0 Å². The highest BCUT2D eigenvalue weighted by molar-refractivity contribution is 5.75. The highest BCUT2D eigenvalue weighted by Crippen LogP contribution is 2.44. The van der Waals surface area contributed by atoms with E-state index < -0.39 is 0 Å². The van der Waals surface area contributed by atoms with Crippen LogP contribution in [-0.4, -0.2) is 0 Å². The van der Waals surface area contributed by atoms with Crippen molar-refractivity contribution in [1.82, 2.24) is 0 Å². The normalized spacial score (nSPS) is 12.2. The quantitative estimate of drug-likeness (QED) is 0.277. The highest BCUT2D eigenvalue weighted by Gasteiger charge is 2.32. The Morgan fingerprint density at radius 2 is 1.21 bits per heavy atom. The minimum atomic E-state index is 0.127. The van der Waals surface area contributed by atoms with Crippen LogP contribution in [0.3, 0.4) is 0 Å². The van der Waals surface area contributed by atoms with Gasteiger partial charge in [-0.15, -0.1) is 0 Å². The molecule has 0 N–H and O–H groups in total. The van der Waals surface area contributed by atoms with E-state index in [1.54, 1.807) is 0 Å². The smallest absolute Gasteiger partial charge is 0.000627 e. The zero-order valence-electron chi connectivity index (χ0n) is 21.2. The molecule has 0 aliphatic rings. The number of aryl methyl sites for hydroxylation is 2. The lowest BCUT2D eigenvalue weighted by Crippen LogP contribution is -2.26. The van der Waals surface area contributed by atoms with E-state index in [2.05, 4.69) is 126 Å². The van der Waals surface area contributed by atoms with Gasteiger partial charge in [0.05, 0.1) is 0 Å². The largest absolute Gasteiger partial charge is 0.0877 e. The maximum atomic E-state index is 2.49. The second-order valence-corrected chi connectivity index (χ2v) is 9.43. The van der Waals surface area contributed by atoms with Gasteiger partial charge in [0.15, 0.2) is 0 Å². The van der Waals surface area contributed by atoms with E-state index in [9.17, 15) is 0 Å².